The molecular formula is C21H26ClN3O3. The predicted molar refractivity (Wildman–Crippen MR) is 111 cm³/mol. The van der Waals surface area contributed by atoms with Gasteiger partial charge in [-0.25, -0.2) is 4.79 Å². The number of primary amides is 1. The van der Waals surface area contributed by atoms with Crippen molar-refractivity contribution < 1.29 is 14.3 Å². The van der Waals surface area contributed by atoms with Gasteiger partial charge in [0.1, 0.15) is 12.6 Å². The Balaban J connectivity index is 0.00000280. The molecule has 3 rings (SSSR count). The first-order chi connectivity index (χ1) is 13.1. The van der Waals surface area contributed by atoms with Crippen molar-refractivity contribution in [3.8, 4) is 11.1 Å². The van der Waals surface area contributed by atoms with Crippen molar-refractivity contribution in [3.63, 3.8) is 0 Å². The second-order valence-corrected chi connectivity index (χ2v) is 6.71. The molecule has 2 amide bonds. The zero-order valence-electron chi connectivity index (χ0n) is 15.6. The van der Waals surface area contributed by atoms with Gasteiger partial charge in [-0.05, 0) is 48.1 Å². The van der Waals surface area contributed by atoms with Crippen LogP contribution in [0.2, 0.25) is 0 Å². The van der Waals surface area contributed by atoms with E-state index < -0.39 is 18.0 Å². The minimum absolute atomic E-state index is 0. The highest BCUT2D eigenvalue weighted by Gasteiger charge is 2.29. The van der Waals surface area contributed by atoms with Crippen LogP contribution in [0, 0.1) is 0 Å². The zero-order valence-corrected chi connectivity index (χ0v) is 16.4. The lowest BCUT2D eigenvalue weighted by atomic mass is 9.98. The largest absolute Gasteiger partial charge is 0.449 e. The summed E-state index contributed by atoms with van der Waals surface area (Å²) in [5.41, 5.74) is 15.4. The fourth-order valence-corrected chi connectivity index (χ4v) is 3.56. The lowest BCUT2D eigenvalue weighted by Crippen LogP contribution is -2.44. The molecule has 1 aliphatic rings. The SMILES string of the molecule is Cl.NCCCC[C@H](NC(=O)OCC1c2ccccc2-c2ccccc21)C(N)=O. The average molecular weight is 404 g/mol. The molecule has 1 aliphatic carbocycles. The van der Waals surface area contributed by atoms with Crippen LogP contribution >= 0.6 is 12.4 Å². The van der Waals surface area contributed by atoms with Crippen molar-refractivity contribution in [1.82, 2.24) is 5.32 Å². The highest BCUT2D eigenvalue weighted by atomic mass is 35.5. The molecule has 0 radical (unpaired) electrons. The number of amides is 2. The molecule has 0 aliphatic heterocycles. The molecule has 0 spiro atoms. The Kier molecular flexibility index (Phi) is 7.84. The van der Waals surface area contributed by atoms with E-state index in [9.17, 15) is 9.59 Å². The lowest BCUT2D eigenvalue weighted by molar-refractivity contribution is -0.120. The summed E-state index contributed by atoms with van der Waals surface area (Å²) >= 11 is 0. The van der Waals surface area contributed by atoms with E-state index in [0.29, 0.717) is 19.4 Å². The Morgan fingerprint density at radius 3 is 2.11 bits per heavy atom. The number of carbonyl (C=O) groups is 2. The first kappa shape index (κ1) is 21.7. The van der Waals surface area contributed by atoms with Gasteiger partial charge in [-0.2, -0.15) is 0 Å². The number of hydrogen-bond acceptors (Lipinski definition) is 4. The van der Waals surface area contributed by atoms with Crippen LogP contribution in [0.5, 0.6) is 0 Å². The summed E-state index contributed by atoms with van der Waals surface area (Å²) in [6, 6.07) is 15.5. The maximum atomic E-state index is 12.2. The van der Waals surface area contributed by atoms with E-state index in [4.69, 9.17) is 16.2 Å². The van der Waals surface area contributed by atoms with E-state index >= 15 is 0 Å². The smallest absolute Gasteiger partial charge is 0.407 e. The highest BCUT2D eigenvalue weighted by molar-refractivity contribution is 5.85. The number of halogens is 1. The average Bonchev–Trinajstić information content (AvgIpc) is 2.99. The van der Waals surface area contributed by atoms with E-state index in [0.717, 1.165) is 17.5 Å². The standard InChI is InChI=1S/C21H25N3O3.ClH/c22-12-6-5-11-19(20(23)25)24-21(26)27-13-18-16-9-3-1-7-14(16)15-8-2-4-10-17(15)18;/h1-4,7-10,18-19H,5-6,11-13,22H2,(H2,23,25)(H,24,26);1H/t19-;/m0./s1. The van der Waals surface area contributed by atoms with Gasteiger partial charge < -0.3 is 21.5 Å². The van der Waals surface area contributed by atoms with Gasteiger partial charge in [0.15, 0.2) is 0 Å². The van der Waals surface area contributed by atoms with Gasteiger partial charge in [-0.15, -0.1) is 12.4 Å². The van der Waals surface area contributed by atoms with Crippen molar-refractivity contribution in [2.45, 2.75) is 31.2 Å². The van der Waals surface area contributed by atoms with Crippen LogP contribution in [0.15, 0.2) is 48.5 Å². The number of benzene rings is 2. The second-order valence-electron chi connectivity index (χ2n) is 6.71. The van der Waals surface area contributed by atoms with Gasteiger partial charge in [0, 0.05) is 5.92 Å². The van der Waals surface area contributed by atoms with Gasteiger partial charge in [0.05, 0.1) is 0 Å². The molecule has 150 valence electrons. The molecule has 7 heteroatoms. The lowest BCUT2D eigenvalue weighted by Gasteiger charge is -2.18. The van der Waals surface area contributed by atoms with Crippen molar-refractivity contribution >= 4 is 24.4 Å². The normalized spacial score (nSPS) is 13.0. The molecule has 0 saturated heterocycles. The number of nitrogens with two attached hydrogens (primary N) is 2. The van der Waals surface area contributed by atoms with Crippen molar-refractivity contribution in [1.29, 1.82) is 0 Å². The monoisotopic (exact) mass is 403 g/mol. The van der Waals surface area contributed by atoms with Gasteiger partial charge >= 0.3 is 6.09 Å². The van der Waals surface area contributed by atoms with E-state index in [1.807, 2.05) is 24.3 Å². The highest BCUT2D eigenvalue weighted by Crippen LogP contribution is 2.44. The fraction of sp³-hybridized carbons (Fsp3) is 0.333. The van der Waals surface area contributed by atoms with E-state index in [-0.39, 0.29) is 24.9 Å². The maximum Gasteiger partial charge on any atom is 0.407 e. The predicted octanol–water partition coefficient (Wildman–Crippen LogP) is 2.93. The summed E-state index contributed by atoms with van der Waals surface area (Å²) in [6.45, 7) is 0.741. The molecule has 5 N–H and O–H groups in total. The summed E-state index contributed by atoms with van der Waals surface area (Å²) in [5, 5.41) is 2.57. The van der Waals surface area contributed by atoms with E-state index in [2.05, 4.69) is 29.6 Å². The number of fused-ring (bicyclic) bond motifs is 3. The first-order valence-electron chi connectivity index (χ1n) is 9.22. The van der Waals surface area contributed by atoms with Crippen molar-refractivity contribution in [3.05, 3.63) is 59.7 Å². The summed E-state index contributed by atoms with van der Waals surface area (Å²) in [6.07, 6.45) is 1.31. The molecule has 0 heterocycles. The van der Waals surface area contributed by atoms with Crippen molar-refractivity contribution in [2.24, 2.45) is 11.5 Å². The molecule has 28 heavy (non-hydrogen) atoms. The molecule has 1 atom stereocenters. The Morgan fingerprint density at radius 1 is 1.00 bits per heavy atom. The van der Waals surface area contributed by atoms with Crippen molar-refractivity contribution in [2.75, 3.05) is 13.2 Å². The van der Waals surface area contributed by atoms with Crippen LogP contribution in [0.1, 0.15) is 36.3 Å². The number of unbranched alkanes of at least 4 members (excludes halogenated alkanes) is 1. The number of hydrogen-bond donors (Lipinski definition) is 3. The summed E-state index contributed by atoms with van der Waals surface area (Å²) in [5.74, 6) is -0.590. The topological polar surface area (TPSA) is 107 Å². The number of carbonyl (C=O) groups excluding carboxylic acids is 2. The fourth-order valence-electron chi connectivity index (χ4n) is 3.56. The molecule has 2 aromatic rings. The summed E-state index contributed by atoms with van der Waals surface area (Å²) in [7, 11) is 0. The van der Waals surface area contributed by atoms with Crippen LogP contribution < -0.4 is 16.8 Å². The minimum atomic E-state index is -0.743. The Morgan fingerprint density at radius 2 is 1.57 bits per heavy atom. The zero-order chi connectivity index (χ0) is 19.2. The number of rotatable bonds is 8. The van der Waals surface area contributed by atoms with Crippen LogP contribution in [0.3, 0.4) is 0 Å². The Hall–Kier alpha value is -2.57. The summed E-state index contributed by atoms with van der Waals surface area (Å²) in [4.78, 5) is 23.7. The molecule has 0 aromatic heterocycles. The van der Waals surface area contributed by atoms with Crippen LogP contribution in [-0.2, 0) is 9.53 Å². The summed E-state index contributed by atoms with van der Waals surface area (Å²) < 4.78 is 5.44. The Labute approximate surface area is 171 Å². The molecule has 0 fully saturated rings. The third-order valence-electron chi connectivity index (χ3n) is 4.93. The number of alkyl carbamates (subject to hydrolysis) is 1. The number of ether oxygens (including phenoxy) is 1. The third-order valence-corrected chi connectivity index (χ3v) is 4.93. The second kappa shape index (κ2) is 10.1. The van der Waals surface area contributed by atoms with Gasteiger partial charge in [-0.1, -0.05) is 48.5 Å². The van der Waals surface area contributed by atoms with E-state index in [1.165, 1.54) is 11.1 Å². The van der Waals surface area contributed by atoms with E-state index in [1.54, 1.807) is 0 Å². The Bertz CT molecular complexity index is 783. The van der Waals surface area contributed by atoms with Gasteiger partial charge in [0.25, 0.3) is 0 Å². The first-order valence-corrected chi connectivity index (χ1v) is 9.22. The molecule has 0 unspecified atom stereocenters. The maximum absolute atomic E-state index is 12.2. The number of nitrogens with one attached hydrogen (secondary N) is 1. The quantitative estimate of drug-likeness (QED) is 0.589. The molecule has 0 saturated carbocycles. The molecule has 0 bridgehead atoms. The third kappa shape index (κ3) is 4.82. The van der Waals surface area contributed by atoms with Gasteiger partial charge in [0.2, 0.25) is 5.91 Å². The van der Waals surface area contributed by atoms with Crippen LogP contribution in [0.4, 0.5) is 4.79 Å². The van der Waals surface area contributed by atoms with Crippen LogP contribution in [0.25, 0.3) is 11.1 Å². The van der Waals surface area contributed by atoms with Crippen LogP contribution in [-0.4, -0.2) is 31.2 Å². The van der Waals surface area contributed by atoms with Gasteiger partial charge in [-0.3, -0.25) is 4.79 Å². The minimum Gasteiger partial charge on any atom is -0.449 e. The molecule has 2 aromatic carbocycles. The molecular weight excluding hydrogens is 378 g/mol. The molecule has 6 nitrogen and oxygen atoms in total.